The summed E-state index contributed by atoms with van der Waals surface area (Å²) in [4.78, 5) is 11.2. The lowest BCUT2D eigenvalue weighted by Gasteiger charge is -2.11. The summed E-state index contributed by atoms with van der Waals surface area (Å²) in [6.45, 7) is 0.981. The molecule has 7 heteroatoms. The molecule has 2 aromatic rings. The van der Waals surface area contributed by atoms with Gasteiger partial charge >= 0.3 is 5.97 Å². The van der Waals surface area contributed by atoms with Crippen LogP contribution in [0.5, 0.6) is 0 Å². The average molecular weight is 277 g/mol. The number of anilines is 1. The number of hydrogen-bond acceptors (Lipinski definition) is 6. The third-order valence-corrected chi connectivity index (χ3v) is 2.65. The first-order chi connectivity index (χ1) is 9.74. The Labute approximate surface area is 115 Å². The first kappa shape index (κ1) is 14.2. The molecule has 106 valence electrons. The van der Waals surface area contributed by atoms with Crippen molar-refractivity contribution in [2.24, 2.45) is 0 Å². The minimum atomic E-state index is -1.14. The number of rotatable bonds is 7. The SMILES string of the molecule is O=C(O)c1nnc2ccccc2c1NCCOCCO. The second-order valence-corrected chi connectivity index (χ2v) is 4.01. The van der Waals surface area contributed by atoms with Gasteiger partial charge in [-0.1, -0.05) is 18.2 Å². The van der Waals surface area contributed by atoms with E-state index in [0.29, 0.717) is 29.7 Å². The maximum Gasteiger partial charge on any atom is 0.358 e. The van der Waals surface area contributed by atoms with Crippen LogP contribution < -0.4 is 5.32 Å². The van der Waals surface area contributed by atoms with Crippen LogP contribution in [0, 0.1) is 0 Å². The number of ether oxygens (including phenoxy) is 1. The minimum absolute atomic E-state index is 0.0415. The Morgan fingerprint density at radius 3 is 2.80 bits per heavy atom. The van der Waals surface area contributed by atoms with Crippen molar-refractivity contribution in [3.05, 3.63) is 30.0 Å². The number of aliphatic hydroxyl groups is 1. The fourth-order valence-electron chi connectivity index (χ4n) is 1.80. The Bertz CT molecular complexity index is 603. The topological polar surface area (TPSA) is 105 Å². The fraction of sp³-hybridized carbons (Fsp3) is 0.308. The molecule has 0 unspecified atom stereocenters. The lowest BCUT2D eigenvalue weighted by Crippen LogP contribution is -2.15. The number of benzene rings is 1. The van der Waals surface area contributed by atoms with E-state index in [1.807, 2.05) is 12.1 Å². The van der Waals surface area contributed by atoms with Crippen molar-refractivity contribution in [2.45, 2.75) is 0 Å². The molecule has 0 atom stereocenters. The lowest BCUT2D eigenvalue weighted by molar-refractivity contribution is 0.0690. The Morgan fingerprint density at radius 1 is 1.25 bits per heavy atom. The number of hydrogen-bond donors (Lipinski definition) is 3. The molecule has 2 rings (SSSR count). The van der Waals surface area contributed by atoms with Crippen molar-refractivity contribution in [3.8, 4) is 0 Å². The molecule has 20 heavy (non-hydrogen) atoms. The Balaban J connectivity index is 2.23. The van der Waals surface area contributed by atoms with Gasteiger partial charge in [0, 0.05) is 11.9 Å². The maximum absolute atomic E-state index is 11.2. The second kappa shape index (κ2) is 6.78. The number of fused-ring (bicyclic) bond motifs is 1. The predicted molar refractivity (Wildman–Crippen MR) is 72.9 cm³/mol. The van der Waals surface area contributed by atoms with Gasteiger partial charge in [0.05, 0.1) is 31.0 Å². The van der Waals surface area contributed by atoms with Gasteiger partial charge in [0.1, 0.15) is 0 Å². The van der Waals surface area contributed by atoms with Gasteiger partial charge < -0.3 is 20.3 Å². The van der Waals surface area contributed by atoms with E-state index in [0.717, 1.165) is 0 Å². The van der Waals surface area contributed by atoms with Crippen LogP contribution in [-0.4, -0.2) is 52.7 Å². The zero-order valence-electron chi connectivity index (χ0n) is 10.7. The first-order valence-corrected chi connectivity index (χ1v) is 6.15. The highest BCUT2D eigenvalue weighted by molar-refractivity contribution is 6.02. The summed E-state index contributed by atoms with van der Waals surface area (Å²) in [7, 11) is 0. The van der Waals surface area contributed by atoms with Crippen LogP contribution in [-0.2, 0) is 4.74 Å². The zero-order valence-corrected chi connectivity index (χ0v) is 10.7. The molecule has 1 aromatic carbocycles. The van der Waals surface area contributed by atoms with Crippen LogP contribution in [0.3, 0.4) is 0 Å². The van der Waals surface area contributed by atoms with Gasteiger partial charge in [-0.2, -0.15) is 0 Å². The molecule has 0 bridgehead atoms. The van der Waals surface area contributed by atoms with Crippen LogP contribution in [0.25, 0.3) is 10.9 Å². The number of carboxylic acids is 1. The van der Waals surface area contributed by atoms with Crippen molar-refractivity contribution in [2.75, 3.05) is 31.7 Å². The molecule has 0 saturated carbocycles. The molecule has 0 aliphatic rings. The summed E-state index contributed by atoms with van der Waals surface area (Å²) in [5.74, 6) is -1.14. The molecule has 0 aliphatic carbocycles. The molecule has 0 fully saturated rings. The molecule has 0 amide bonds. The first-order valence-electron chi connectivity index (χ1n) is 6.15. The standard InChI is InChI=1S/C13H15N3O4/c17-6-8-20-7-5-14-11-9-3-1-2-4-10(9)15-16-12(11)13(18)19/h1-4,17H,5-8H2,(H,14,15)(H,18,19). The number of aromatic nitrogens is 2. The highest BCUT2D eigenvalue weighted by Gasteiger charge is 2.15. The molecule has 1 aromatic heterocycles. The van der Waals surface area contributed by atoms with Crippen LogP contribution in [0.4, 0.5) is 5.69 Å². The van der Waals surface area contributed by atoms with Gasteiger partial charge in [-0.3, -0.25) is 0 Å². The van der Waals surface area contributed by atoms with E-state index in [9.17, 15) is 4.79 Å². The van der Waals surface area contributed by atoms with Gasteiger partial charge in [0.15, 0.2) is 5.69 Å². The van der Waals surface area contributed by atoms with Gasteiger partial charge in [-0.25, -0.2) is 4.79 Å². The average Bonchev–Trinajstić information content (AvgIpc) is 2.46. The largest absolute Gasteiger partial charge is 0.476 e. The van der Waals surface area contributed by atoms with Gasteiger partial charge in [0.2, 0.25) is 0 Å². The van der Waals surface area contributed by atoms with Crippen molar-refractivity contribution in [1.82, 2.24) is 10.2 Å². The van der Waals surface area contributed by atoms with E-state index in [-0.39, 0.29) is 18.9 Å². The molecule has 0 aliphatic heterocycles. The molecule has 7 nitrogen and oxygen atoms in total. The van der Waals surface area contributed by atoms with E-state index in [1.165, 1.54) is 0 Å². The fourth-order valence-corrected chi connectivity index (χ4v) is 1.80. The Hall–Kier alpha value is -2.25. The van der Waals surface area contributed by atoms with E-state index in [2.05, 4.69) is 15.5 Å². The van der Waals surface area contributed by atoms with Crippen molar-refractivity contribution in [3.63, 3.8) is 0 Å². The number of aliphatic hydroxyl groups excluding tert-OH is 1. The summed E-state index contributed by atoms with van der Waals surface area (Å²) in [6, 6.07) is 7.17. The van der Waals surface area contributed by atoms with Gasteiger partial charge in [0.25, 0.3) is 0 Å². The highest BCUT2D eigenvalue weighted by Crippen LogP contribution is 2.23. The number of nitrogens with one attached hydrogen (secondary N) is 1. The second-order valence-electron chi connectivity index (χ2n) is 4.01. The summed E-state index contributed by atoms with van der Waals surface area (Å²) < 4.78 is 5.12. The lowest BCUT2D eigenvalue weighted by atomic mass is 10.1. The number of carboxylic acid groups (broad SMARTS) is 1. The quantitative estimate of drug-likeness (QED) is 0.641. The zero-order chi connectivity index (χ0) is 14.4. The summed E-state index contributed by atoms with van der Waals surface area (Å²) >= 11 is 0. The van der Waals surface area contributed by atoms with Crippen LogP contribution in [0.2, 0.25) is 0 Å². The molecule has 0 spiro atoms. The molecule has 0 radical (unpaired) electrons. The predicted octanol–water partition coefficient (Wildman–Crippen LogP) is 0.749. The highest BCUT2D eigenvalue weighted by atomic mass is 16.5. The van der Waals surface area contributed by atoms with Crippen LogP contribution in [0.1, 0.15) is 10.5 Å². The molecular formula is C13H15N3O4. The van der Waals surface area contributed by atoms with E-state index >= 15 is 0 Å². The third-order valence-electron chi connectivity index (χ3n) is 2.65. The molecule has 0 saturated heterocycles. The third kappa shape index (κ3) is 3.19. The Morgan fingerprint density at radius 2 is 2.05 bits per heavy atom. The summed E-state index contributed by atoms with van der Waals surface area (Å²) in [5, 5.41) is 29.1. The van der Waals surface area contributed by atoms with Crippen molar-refractivity contribution in [1.29, 1.82) is 0 Å². The van der Waals surface area contributed by atoms with Crippen LogP contribution >= 0.6 is 0 Å². The smallest absolute Gasteiger partial charge is 0.358 e. The van der Waals surface area contributed by atoms with Crippen molar-refractivity contribution < 1.29 is 19.7 Å². The Kier molecular flexibility index (Phi) is 4.80. The number of carbonyl (C=O) groups is 1. The van der Waals surface area contributed by atoms with Crippen LogP contribution in [0.15, 0.2) is 24.3 Å². The van der Waals surface area contributed by atoms with E-state index < -0.39 is 5.97 Å². The minimum Gasteiger partial charge on any atom is -0.476 e. The van der Waals surface area contributed by atoms with E-state index in [1.54, 1.807) is 12.1 Å². The normalized spacial score (nSPS) is 10.7. The van der Waals surface area contributed by atoms with Crippen molar-refractivity contribution >= 4 is 22.6 Å². The number of aromatic carboxylic acids is 1. The van der Waals surface area contributed by atoms with Gasteiger partial charge in [-0.05, 0) is 6.07 Å². The van der Waals surface area contributed by atoms with E-state index in [4.69, 9.17) is 14.9 Å². The van der Waals surface area contributed by atoms with Gasteiger partial charge in [-0.15, -0.1) is 10.2 Å². The maximum atomic E-state index is 11.2. The molecular weight excluding hydrogens is 262 g/mol. The summed E-state index contributed by atoms with van der Waals surface area (Å²) in [6.07, 6.45) is 0. The number of nitrogens with zero attached hydrogens (tertiary/aromatic N) is 2. The monoisotopic (exact) mass is 277 g/mol. The summed E-state index contributed by atoms with van der Waals surface area (Å²) in [5.41, 5.74) is 0.929. The molecule has 3 N–H and O–H groups in total. The molecule has 1 heterocycles.